The van der Waals surface area contributed by atoms with Crippen LogP contribution in [-0.2, 0) is 4.74 Å². The molecule has 1 aliphatic rings. The van der Waals surface area contributed by atoms with Gasteiger partial charge in [0.15, 0.2) is 0 Å². The van der Waals surface area contributed by atoms with E-state index in [4.69, 9.17) is 4.74 Å². The Morgan fingerprint density at radius 1 is 1.17 bits per heavy atom. The third-order valence-electron chi connectivity index (χ3n) is 6.06. The number of anilines is 1. The zero-order chi connectivity index (χ0) is 24.9. The van der Waals surface area contributed by atoms with Gasteiger partial charge in [-0.15, -0.1) is 0 Å². The van der Waals surface area contributed by atoms with E-state index >= 15 is 0 Å². The number of alkyl carbamates (subject to hydrolysis) is 1. The summed E-state index contributed by atoms with van der Waals surface area (Å²) in [5, 5.41) is 13.8. The minimum absolute atomic E-state index is 0.000802. The van der Waals surface area contributed by atoms with Crippen LogP contribution < -0.4 is 16.0 Å². The minimum Gasteiger partial charge on any atom is -0.450 e. The highest BCUT2D eigenvalue weighted by molar-refractivity contribution is 6.03. The number of hydrogen-bond acceptors (Lipinski definition) is 6. The van der Waals surface area contributed by atoms with E-state index in [1.54, 1.807) is 23.7 Å². The van der Waals surface area contributed by atoms with Gasteiger partial charge in [0.2, 0.25) is 0 Å². The van der Waals surface area contributed by atoms with E-state index in [2.05, 4.69) is 26.0 Å². The largest absolute Gasteiger partial charge is 0.450 e. The van der Waals surface area contributed by atoms with Gasteiger partial charge >= 0.3 is 6.09 Å². The van der Waals surface area contributed by atoms with Gasteiger partial charge in [0.1, 0.15) is 5.82 Å². The lowest BCUT2D eigenvalue weighted by Gasteiger charge is -2.29. The Labute approximate surface area is 203 Å². The van der Waals surface area contributed by atoms with Crippen LogP contribution in [0.25, 0.3) is 16.6 Å². The van der Waals surface area contributed by atoms with Crippen LogP contribution in [0.15, 0.2) is 36.9 Å². The number of nitrogens with one attached hydrogen (secondary N) is 3. The van der Waals surface area contributed by atoms with Crippen LogP contribution in [0.5, 0.6) is 0 Å². The molecule has 0 atom stereocenters. The standard InChI is InChI=1S/C25H31FN6O3/c1-4-35-25(34)31-18-7-5-17(6-8-18)30-24(33)20-12-28-32-14-16(19-9-10-27-13-21(19)26)11-22(32)23(20)29-15(2)3/h9-15,17-18,29H,4-8H2,1-3H3,(H,30,33)(H,31,34). The SMILES string of the molecule is CCOC(=O)NC1CCC(NC(=O)c2cnn3cc(-c4ccncc4F)cc3c2NC(C)C)CC1. The molecule has 0 unspecified atom stereocenters. The van der Waals surface area contributed by atoms with Crippen molar-refractivity contribution in [3.8, 4) is 11.1 Å². The fourth-order valence-electron chi connectivity index (χ4n) is 4.41. The molecule has 0 saturated heterocycles. The summed E-state index contributed by atoms with van der Waals surface area (Å²) in [5.74, 6) is -0.643. The summed E-state index contributed by atoms with van der Waals surface area (Å²) >= 11 is 0. The van der Waals surface area contributed by atoms with Crippen molar-refractivity contribution in [1.82, 2.24) is 25.2 Å². The maximum Gasteiger partial charge on any atom is 0.407 e. The molecular weight excluding hydrogens is 451 g/mol. The third-order valence-corrected chi connectivity index (χ3v) is 6.06. The van der Waals surface area contributed by atoms with Crippen molar-refractivity contribution in [3.05, 3.63) is 48.3 Å². The normalized spacial score (nSPS) is 17.9. The van der Waals surface area contributed by atoms with E-state index in [1.165, 1.54) is 18.6 Å². The van der Waals surface area contributed by atoms with Gasteiger partial charge in [-0.3, -0.25) is 9.78 Å². The van der Waals surface area contributed by atoms with Crippen LogP contribution in [0.4, 0.5) is 14.9 Å². The monoisotopic (exact) mass is 482 g/mol. The zero-order valence-corrected chi connectivity index (χ0v) is 20.2. The first-order chi connectivity index (χ1) is 16.9. The second kappa shape index (κ2) is 10.7. The Balaban J connectivity index is 1.53. The lowest BCUT2D eigenvalue weighted by Crippen LogP contribution is -2.44. The fourth-order valence-corrected chi connectivity index (χ4v) is 4.41. The zero-order valence-electron chi connectivity index (χ0n) is 20.2. The quantitative estimate of drug-likeness (QED) is 0.467. The summed E-state index contributed by atoms with van der Waals surface area (Å²) in [6, 6.07) is 3.54. The van der Waals surface area contributed by atoms with Crippen LogP contribution in [0.1, 0.15) is 56.8 Å². The molecule has 0 bridgehead atoms. The van der Waals surface area contributed by atoms with Crippen molar-refractivity contribution in [2.75, 3.05) is 11.9 Å². The van der Waals surface area contributed by atoms with Gasteiger partial charge in [-0.1, -0.05) is 0 Å². The summed E-state index contributed by atoms with van der Waals surface area (Å²) in [5.41, 5.74) is 2.82. The average Bonchev–Trinajstić information content (AvgIpc) is 3.25. The van der Waals surface area contributed by atoms with E-state index in [9.17, 15) is 14.0 Å². The predicted molar refractivity (Wildman–Crippen MR) is 131 cm³/mol. The number of halogens is 1. The van der Waals surface area contributed by atoms with Crippen molar-refractivity contribution in [3.63, 3.8) is 0 Å². The Hall–Kier alpha value is -3.69. The second-order valence-electron chi connectivity index (χ2n) is 9.03. The number of hydrogen-bond donors (Lipinski definition) is 3. The van der Waals surface area contributed by atoms with Crippen molar-refractivity contribution < 1.29 is 18.7 Å². The second-order valence-corrected chi connectivity index (χ2v) is 9.03. The topological polar surface area (TPSA) is 110 Å². The molecule has 3 heterocycles. The number of nitrogens with zero attached hydrogens (tertiary/aromatic N) is 3. The molecule has 4 rings (SSSR count). The molecule has 3 N–H and O–H groups in total. The maximum atomic E-state index is 14.3. The average molecular weight is 483 g/mol. The fraction of sp³-hybridized carbons (Fsp3) is 0.440. The van der Waals surface area contributed by atoms with Gasteiger partial charge in [-0.05, 0) is 58.6 Å². The van der Waals surface area contributed by atoms with Gasteiger partial charge < -0.3 is 20.7 Å². The van der Waals surface area contributed by atoms with Gasteiger partial charge in [0.05, 0.1) is 35.8 Å². The van der Waals surface area contributed by atoms with Gasteiger partial charge in [0.25, 0.3) is 5.91 Å². The molecule has 35 heavy (non-hydrogen) atoms. The van der Waals surface area contributed by atoms with E-state index in [0.717, 1.165) is 25.7 Å². The number of aromatic nitrogens is 3. The smallest absolute Gasteiger partial charge is 0.407 e. The lowest BCUT2D eigenvalue weighted by molar-refractivity contribution is 0.0921. The van der Waals surface area contributed by atoms with E-state index in [-0.39, 0.29) is 24.0 Å². The number of fused-ring (bicyclic) bond motifs is 1. The van der Waals surface area contributed by atoms with Crippen LogP contribution >= 0.6 is 0 Å². The molecule has 10 heteroatoms. The molecular formula is C25H31FN6O3. The molecule has 3 aromatic rings. The molecule has 1 saturated carbocycles. The van der Waals surface area contributed by atoms with E-state index in [1.807, 2.05) is 19.9 Å². The van der Waals surface area contributed by atoms with Crippen molar-refractivity contribution in [1.29, 1.82) is 0 Å². The maximum absolute atomic E-state index is 14.3. The van der Waals surface area contributed by atoms with Crippen LogP contribution in [0.3, 0.4) is 0 Å². The molecule has 0 aromatic carbocycles. The molecule has 2 amide bonds. The van der Waals surface area contributed by atoms with Crippen molar-refractivity contribution in [2.24, 2.45) is 0 Å². The van der Waals surface area contributed by atoms with Gasteiger partial charge in [0, 0.05) is 41.6 Å². The number of pyridine rings is 1. The Bertz CT molecular complexity index is 1200. The predicted octanol–water partition coefficient (Wildman–Crippen LogP) is 4.14. The first-order valence-electron chi connectivity index (χ1n) is 12.0. The highest BCUT2D eigenvalue weighted by Gasteiger charge is 2.26. The first kappa shape index (κ1) is 24.4. The van der Waals surface area contributed by atoms with Gasteiger partial charge in [-0.2, -0.15) is 5.10 Å². The Morgan fingerprint density at radius 2 is 1.89 bits per heavy atom. The molecule has 1 aliphatic carbocycles. The van der Waals surface area contributed by atoms with E-state index < -0.39 is 11.9 Å². The molecule has 3 aromatic heterocycles. The van der Waals surface area contributed by atoms with Crippen LogP contribution in [0.2, 0.25) is 0 Å². The summed E-state index contributed by atoms with van der Waals surface area (Å²) in [7, 11) is 0. The van der Waals surface area contributed by atoms with Gasteiger partial charge in [-0.25, -0.2) is 13.7 Å². The highest BCUT2D eigenvalue weighted by atomic mass is 19.1. The Morgan fingerprint density at radius 3 is 2.54 bits per heavy atom. The van der Waals surface area contributed by atoms with Crippen LogP contribution in [0, 0.1) is 5.82 Å². The molecule has 0 radical (unpaired) electrons. The number of carbonyl (C=O) groups is 2. The first-order valence-corrected chi connectivity index (χ1v) is 12.0. The molecule has 186 valence electrons. The number of rotatable bonds is 7. The molecule has 0 spiro atoms. The number of ether oxygens (including phenoxy) is 1. The minimum atomic E-state index is -0.423. The summed E-state index contributed by atoms with van der Waals surface area (Å²) in [4.78, 5) is 28.7. The summed E-state index contributed by atoms with van der Waals surface area (Å²) < 4.78 is 20.9. The molecule has 1 fully saturated rings. The Kier molecular flexibility index (Phi) is 7.48. The van der Waals surface area contributed by atoms with Crippen molar-refractivity contribution in [2.45, 2.75) is 64.6 Å². The lowest BCUT2D eigenvalue weighted by atomic mass is 9.91. The summed E-state index contributed by atoms with van der Waals surface area (Å²) in [6.07, 6.45) is 8.61. The van der Waals surface area contributed by atoms with Crippen LogP contribution in [-0.4, -0.2) is 51.3 Å². The number of amides is 2. The summed E-state index contributed by atoms with van der Waals surface area (Å²) in [6.45, 7) is 6.08. The number of carbonyl (C=O) groups excluding carboxylic acids is 2. The third kappa shape index (κ3) is 5.70. The molecule has 9 nitrogen and oxygen atoms in total. The van der Waals surface area contributed by atoms with E-state index in [0.29, 0.717) is 34.5 Å². The molecule has 0 aliphatic heterocycles. The van der Waals surface area contributed by atoms with Crippen molar-refractivity contribution >= 4 is 23.2 Å². The highest BCUT2D eigenvalue weighted by Crippen LogP contribution is 2.30.